The topological polar surface area (TPSA) is 30.2 Å². The minimum absolute atomic E-state index is 0.178. The van der Waals surface area contributed by atoms with Gasteiger partial charge >= 0.3 is 0 Å². The Morgan fingerprint density at radius 3 is 2.73 bits per heavy atom. The fraction of sp³-hybridized carbons (Fsp3) is 0.308. The Kier molecular flexibility index (Phi) is 1.88. The number of ketones is 1. The van der Waals surface area contributed by atoms with Crippen molar-refractivity contribution < 1.29 is 9.21 Å². The van der Waals surface area contributed by atoms with E-state index in [-0.39, 0.29) is 11.7 Å². The second-order valence-corrected chi connectivity index (χ2v) is 4.14. The van der Waals surface area contributed by atoms with Gasteiger partial charge in [0.15, 0.2) is 5.76 Å². The summed E-state index contributed by atoms with van der Waals surface area (Å²) >= 11 is 0. The number of carbonyl (C=O) groups excluding carboxylic acids is 1. The predicted molar refractivity (Wildman–Crippen MR) is 57.9 cm³/mol. The Morgan fingerprint density at radius 2 is 2.07 bits per heavy atom. The van der Waals surface area contributed by atoms with Gasteiger partial charge in [-0.15, -0.1) is 0 Å². The van der Waals surface area contributed by atoms with Crippen molar-refractivity contribution in [3.8, 4) is 0 Å². The maximum absolute atomic E-state index is 11.9. The van der Waals surface area contributed by atoms with Crippen molar-refractivity contribution >= 4 is 16.8 Å². The molecule has 0 N–H and O–H groups in total. The molecule has 3 rings (SSSR count). The summed E-state index contributed by atoms with van der Waals surface area (Å²) < 4.78 is 5.54. The number of Topliss-reactive ketones (excluding diaryl/α,β-unsaturated/α-hetero) is 1. The van der Waals surface area contributed by atoms with E-state index in [2.05, 4.69) is 0 Å². The first-order chi connectivity index (χ1) is 7.34. The molecule has 0 aliphatic heterocycles. The Hall–Kier alpha value is -1.57. The molecule has 0 radical (unpaired) electrons. The minimum atomic E-state index is 0.178. The monoisotopic (exact) mass is 200 g/mol. The normalized spacial score (nSPS) is 16.5. The quantitative estimate of drug-likeness (QED) is 0.695. The number of rotatable bonds is 2. The number of hydrogen-bond donors (Lipinski definition) is 0. The van der Waals surface area contributed by atoms with Gasteiger partial charge in [-0.1, -0.05) is 24.6 Å². The lowest BCUT2D eigenvalue weighted by Crippen LogP contribution is -2.21. The first kappa shape index (κ1) is 8.72. The third-order valence-electron chi connectivity index (χ3n) is 3.14. The number of furan rings is 1. The summed E-state index contributed by atoms with van der Waals surface area (Å²) in [6, 6.07) is 9.60. The van der Waals surface area contributed by atoms with Crippen LogP contribution in [0.4, 0.5) is 0 Å². The third-order valence-corrected chi connectivity index (χ3v) is 3.14. The van der Waals surface area contributed by atoms with Crippen molar-refractivity contribution in [3.05, 3.63) is 36.1 Å². The van der Waals surface area contributed by atoms with Gasteiger partial charge in [-0.25, -0.2) is 0 Å². The minimum Gasteiger partial charge on any atom is -0.453 e. The summed E-state index contributed by atoms with van der Waals surface area (Å²) in [5.74, 6) is 0.920. The summed E-state index contributed by atoms with van der Waals surface area (Å²) in [4.78, 5) is 11.9. The van der Waals surface area contributed by atoms with E-state index in [4.69, 9.17) is 4.42 Å². The zero-order chi connectivity index (χ0) is 10.3. The first-order valence-corrected chi connectivity index (χ1v) is 5.37. The molecule has 0 bridgehead atoms. The van der Waals surface area contributed by atoms with E-state index in [0.29, 0.717) is 5.76 Å². The lowest BCUT2D eigenvalue weighted by molar-refractivity contribution is 0.0828. The van der Waals surface area contributed by atoms with Crippen LogP contribution in [0.25, 0.3) is 11.0 Å². The fourth-order valence-electron chi connectivity index (χ4n) is 1.97. The van der Waals surface area contributed by atoms with Crippen LogP contribution in [-0.4, -0.2) is 5.78 Å². The third kappa shape index (κ3) is 1.37. The van der Waals surface area contributed by atoms with Crippen molar-refractivity contribution in [3.63, 3.8) is 0 Å². The van der Waals surface area contributed by atoms with Crippen LogP contribution in [0.3, 0.4) is 0 Å². The Labute approximate surface area is 87.9 Å². The Morgan fingerprint density at radius 1 is 1.27 bits per heavy atom. The van der Waals surface area contributed by atoms with E-state index in [9.17, 15) is 4.79 Å². The lowest BCUT2D eigenvalue weighted by atomic mass is 9.81. The molecule has 0 atom stereocenters. The summed E-state index contributed by atoms with van der Waals surface area (Å²) in [7, 11) is 0. The van der Waals surface area contributed by atoms with Gasteiger partial charge in [0.05, 0.1) is 0 Å². The van der Waals surface area contributed by atoms with Gasteiger partial charge in [0.1, 0.15) is 5.58 Å². The number of benzene rings is 1. The van der Waals surface area contributed by atoms with E-state index in [0.717, 1.165) is 23.8 Å². The fourth-order valence-corrected chi connectivity index (χ4v) is 1.97. The standard InChI is InChI=1S/C13H12O2/c14-13(9-5-3-6-9)12-8-10-4-1-2-7-11(10)15-12/h1-2,4,7-9H,3,5-6H2. The molecule has 1 aliphatic rings. The molecular formula is C13H12O2. The van der Waals surface area contributed by atoms with E-state index >= 15 is 0 Å². The van der Waals surface area contributed by atoms with Crippen LogP contribution >= 0.6 is 0 Å². The molecular weight excluding hydrogens is 188 g/mol. The van der Waals surface area contributed by atoms with Crippen LogP contribution in [0.5, 0.6) is 0 Å². The van der Waals surface area contributed by atoms with Crippen LogP contribution in [0.1, 0.15) is 29.8 Å². The van der Waals surface area contributed by atoms with Gasteiger partial charge in [0, 0.05) is 11.3 Å². The number of hydrogen-bond acceptors (Lipinski definition) is 2. The molecule has 0 spiro atoms. The van der Waals surface area contributed by atoms with Gasteiger partial charge in [0.2, 0.25) is 5.78 Å². The molecule has 2 nitrogen and oxygen atoms in total. The highest BCUT2D eigenvalue weighted by molar-refractivity contribution is 5.99. The van der Waals surface area contributed by atoms with Gasteiger partial charge in [0.25, 0.3) is 0 Å². The Balaban J connectivity index is 2.00. The van der Waals surface area contributed by atoms with E-state index < -0.39 is 0 Å². The number of para-hydroxylation sites is 1. The zero-order valence-electron chi connectivity index (χ0n) is 8.40. The van der Waals surface area contributed by atoms with Crippen molar-refractivity contribution in [1.29, 1.82) is 0 Å². The zero-order valence-corrected chi connectivity index (χ0v) is 8.40. The maximum atomic E-state index is 11.9. The van der Waals surface area contributed by atoms with Crippen LogP contribution < -0.4 is 0 Å². The molecule has 76 valence electrons. The average Bonchev–Trinajstić information content (AvgIpc) is 2.58. The molecule has 2 aromatic rings. The van der Waals surface area contributed by atoms with Gasteiger partial charge < -0.3 is 4.42 Å². The van der Waals surface area contributed by atoms with Crippen molar-refractivity contribution in [2.75, 3.05) is 0 Å². The van der Waals surface area contributed by atoms with Gasteiger partial charge in [-0.05, 0) is 25.0 Å². The highest BCUT2D eigenvalue weighted by Gasteiger charge is 2.28. The van der Waals surface area contributed by atoms with Gasteiger partial charge in [-0.2, -0.15) is 0 Å². The summed E-state index contributed by atoms with van der Waals surface area (Å²) in [5, 5.41) is 1.01. The molecule has 1 aromatic heterocycles. The highest BCUT2D eigenvalue weighted by Crippen LogP contribution is 2.31. The molecule has 1 saturated carbocycles. The summed E-state index contributed by atoms with van der Waals surface area (Å²) in [5.41, 5.74) is 0.806. The average molecular weight is 200 g/mol. The summed E-state index contributed by atoms with van der Waals surface area (Å²) in [6.07, 6.45) is 3.22. The van der Waals surface area contributed by atoms with Crippen molar-refractivity contribution in [2.24, 2.45) is 5.92 Å². The molecule has 1 fully saturated rings. The molecule has 0 saturated heterocycles. The van der Waals surface area contributed by atoms with E-state index in [1.807, 2.05) is 30.3 Å². The smallest absolute Gasteiger partial charge is 0.201 e. The molecule has 1 aromatic carbocycles. The molecule has 2 heteroatoms. The van der Waals surface area contributed by atoms with E-state index in [1.54, 1.807) is 0 Å². The van der Waals surface area contributed by atoms with E-state index in [1.165, 1.54) is 6.42 Å². The highest BCUT2D eigenvalue weighted by atomic mass is 16.3. The second kappa shape index (κ2) is 3.23. The number of carbonyl (C=O) groups is 1. The maximum Gasteiger partial charge on any atom is 0.201 e. The van der Waals surface area contributed by atoms with Crippen LogP contribution in [0.2, 0.25) is 0 Å². The molecule has 1 heterocycles. The van der Waals surface area contributed by atoms with Crippen molar-refractivity contribution in [2.45, 2.75) is 19.3 Å². The van der Waals surface area contributed by atoms with Crippen LogP contribution in [-0.2, 0) is 0 Å². The van der Waals surface area contributed by atoms with Crippen LogP contribution in [0.15, 0.2) is 34.7 Å². The molecule has 0 amide bonds. The largest absolute Gasteiger partial charge is 0.453 e. The summed E-state index contributed by atoms with van der Waals surface area (Å²) in [6.45, 7) is 0. The lowest BCUT2D eigenvalue weighted by Gasteiger charge is -2.22. The number of fused-ring (bicyclic) bond motifs is 1. The van der Waals surface area contributed by atoms with Crippen molar-refractivity contribution in [1.82, 2.24) is 0 Å². The predicted octanol–water partition coefficient (Wildman–Crippen LogP) is 3.42. The first-order valence-electron chi connectivity index (χ1n) is 5.37. The van der Waals surface area contributed by atoms with Crippen LogP contribution in [0, 0.1) is 5.92 Å². The second-order valence-electron chi connectivity index (χ2n) is 4.14. The SMILES string of the molecule is O=C(c1cc2ccccc2o1)C1CCC1. The molecule has 1 aliphatic carbocycles. The Bertz CT molecular complexity index is 473. The molecule has 15 heavy (non-hydrogen) atoms. The van der Waals surface area contributed by atoms with Gasteiger partial charge in [-0.3, -0.25) is 4.79 Å². The molecule has 0 unspecified atom stereocenters.